The highest BCUT2D eigenvalue weighted by molar-refractivity contribution is 5.98. The maximum absolute atomic E-state index is 10.7. The van der Waals surface area contributed by atoms with Gasteiger partial charge in [-0.05, 0) is 18.6 Å². The van der Waals surface area contributed by atoms with Crippen molar-refractivity contribution in [1.29, 1.82) is 0 Å². The van der Waals surface area contributed by atoms with Crippen LogP contribution in [0.3, 0.4) is 0 Å². The Morgan fingerprint density at radius 2 is 2.25 bits per heavy atom. The van der Waals surface area contributed by atoms with E-state index < -0.39 is 4.92 Å². The van der Waals surface area contributed by atoms with Crippen LogP contribution < -0.4 is 11.5 Å². The molecule has 0 saturated heterocycles. The largest absolute Gasteiger partial charge is 0.393 e. The Kier molecular flexibility index (Phi) is 3.82. The van der Waals surface area contributed by atoms with Gasteiger partial charge in [-0.2, -0.15) is 0 Å². The van der Waals surface area contributed by atoms with Crippen molar-refractivity contribution in [3.05, 3.63) is 33.9 Å². The third-order valence-electron chi connectivity index (χ3n) is 2.03. The summed E-state index contributed by atoms with van der Waals surface area (Å²) in [6.07, 6.45) is 0.873. The molecule has 0 amide bonds. The first-order valence-electron chi connectivity index (χ1n) is 4.90. The van der Waals surface area contributed by atoms with Gasteiger partial charge in [-0.15, -0.1) is 0 Å². The van der Waals surface area contributed by atoms with Gasteiger partial charge in [0.1, 0.15) is 11.5 Å². The van der Waals surface area contributed by atoms with E-state index in [0.717, 1.165) is 6.42 Å². The molecule has 1 aromatic rings. The molecule has 0 unspecified atom stereocenters. The number of hydrogen-bond acceptors (Lipinski definition) is 4. The second kappa shape index (κ2) is 5.11. The molecule has 0 saturated carbocycles. The minimum Gasteiger partial charge on any atom is -0.393 e. The van der Waals surface area contributed by atoms with Crippen molar-refractivity contribution in [1.82, 2.24) is 0 Å². The molecule has 0 aromatic heterocycles. The fraction of sp³-hybridized carbons (Fsp3) is 0.300. The summed E-state index contributed by atoms with van der Waals surface area (Å²) >= 11 is 0. The third kappa shape index (κ3) is 2.69. The van der Waals surface area contributed by atoms with Crippen molar-refractivity contribution in [3.8, 4) is 0 Å². The Labute approximate surface area is 93.1 Å². The van der Waals surface area contributed by atoms with E-state index in [1.807, 2.05) is 6.92 Å². The lowest BCUT2D eigenvalue weighted by Crippen LogP contribution is -2.14. The summed E-state index contributed by atoms with van der Waals surface area (Å²) in [6, 6.07) is 4.42. The molecule has 0 radical (unpaired) electrons. The Bertz CT molecular complexity index is 429. The van der Waals surface area contributed by atoms with Gasteiger partial charge in [0.05, 0.1) is 4.92 Å². The van der Waals surface area contributed by atoms with Gasteiger partial charge in [0.15, 0.2) is 0 Å². The molecule has 6 nitrogen and oxygen atoms in total. The highest BCUT2D eigenvalue weighted by atomic mass is 16.6. The van der Waals surface area contributed by atoms with E-state index in [4.69, 9.17) is 11.5 Å². The maximum Gasteiger partial charge on any atom is 0.292 e. The summed E-state index contributed by atoms with van der Waals surface area (Å²) in [4.78, 5) is 14.2. The standard InChI is InChI=1S/C10H14N4O2/c1-2-5-13-10(12)7-3-4-8(11)9(6-7)14(15)16/h3-4,6H,2,5,11H2,1H3,(H2,12,13). The molecule has 0 aliphatic carbocycles. The number of aliphatic imine (C=N–C) groups is 1. The zero-order valence-electron chi connectivity index (χ0n) is 9.01. The Morgan fingerprint density at radius 3 is 2.81 bits per heavy atom. The number of nitro benzene ring substituents is 1. The summed E-state index contributed by atoms with van der Waals surface area (Å²) < 4.78 is 0. The SMILES string of the molecule is CCCN=C(N)c1ccc(N)c([N+](=O)[O-])c1. The average Bonchev–Trinajstić information content (AvgIpc) is 2.26. The van der Waals surface area contributed by atoms with E-state index in [1.165, 1.54) is 12.1 Å². The van der Waals surface area contributed by atoms with Crippen LogP contribution in [-0.2, 0) is 0 Å². The van der Waals surface area contributed by atoms with Crippen molar-refractivity contribution < 1.29 is 4.92 Å². The van der Waals surface area contributed by atoms with Crippen LogP contribution in [0.1, 0.15) is 18.9 Å². The molecule has 1 aromatic carbocycles. The number of nitrogens with zero attached hydrogens (tertiary/aromatic N) is 2. The second-order valence-electron chi connectivity index (χ2n) is 3.30. The lowest BCUT2D eigenvalue weighted by Gasteiger charge is -2.02. The lowest BCUT2D eigenvalue weighted by molar-refractivity contribution is -0.383. The Hall–Kier alpha value is -2.11. The molecule has 86 valence electrons. The number of nitro groups is 1. The molecule has 4 N–H and O–H groups in total. The van der Waals surface area contributed by atoms with Crippen LogP contribution in [0.25, 0.3) is 0 Å². The molecule has 0 heterocycles. The average molecular weight is 222 g/mol. The van der Waals surface area contributed by atoms with Gasteiger partial charge < -0.3 is 11.5 Å². The number of hydrogen-bond donors (Lipinski definition) is 2. The molecule has 0 bridgehead atoms. The summed E-state index contributed by atoms with van der Waals surface area (Å²) in [5.41, 5.74) is 11.7. The summed E-state index contributed by atoms with van der Waals surface area (Å²) in [5.74, 6) is 0.296. The molecule has 0 spiro atoms. The predicted octanol–water partition coefficient (Wildman–Crippen LogP) is 1.29. The highest BCUT2D eigenvalue weighted by Gasteiger charge is 2.12. The minimum absolute atomic E-state index is 0.122. The van der Waals surface area contributed by atoms with Crippen molar-refractivity contribution >= 4 is 17.2 Å². The molecule has 6 heteroatoms. The first-order chi connectivity index (χ1) is 7.56. The highest BCUT2D eigenvalue weighted by Crippen LogP contribution is 2.22. The van der Waals surface area contributed by atoms with Gasteiger partial charge in [-0.3, -0.25) is 15.1 Å². The predicted molar refractivity (Wildman–Crippen MR) is 63.4 cm³/mol. The Balaban J connectivity index is 3.07. The third-order valence-corrected chi connectivity index (χ3v) is 2.03. The van der Waals surface area contributed by atoms with Crippen LogP contribution in [0.2, 0.25) is 0 Å². The molecule has 0 atom stereocenters. The normalized spacial score (nSPS) is 11.4. The smallest absolute Gasteiger partial charge is 0.292 e. The summed E-state index contributed by atoms with van der Waals surface area (Å²) in [6.45, 7) is 2.58. The molecular weight excluding hydrogens is 208 g/mol. The van der Waals surface area contributed by atoms with E-state index in [9.17, 15) is 10.1 Å². The van der Waals surface area contributed by atoms with Crippen molar-refractivity contribution in [3.63, 3.8) is 0 Å². The minimum atomic E-state index is -0.536. The van der Waals surface area contributed by atoms with Crippen LogP contribution in [-0.4, -0.2) is 17.3 Å². The van der Waals surface area contributed by atoms with Gasteiger partial charge in [0.2, 0.25) is 0 Å². The number of anilines is 1. The first kappa shape index (κ1) is 12.0. The van der Waals surface area contributed by atoms with Crippen molar-refractivity contribution in [2.45, 2.75) is 13.3 Å². The van der Waals surface area contributed by atoms with E-state index in [1.54, 1.807) is 6.07 Å². The fourth-order valence-corrected chi connectivity index (χ4v) is 1.18. The number of nitrogens with two attached hydrogens (primary N) is 2. The number of amidine groups is 1. The molecular formula is C10H14N4O2. The van der Waals surface area contributed by atoms with Crippen LogP contribution in [0.15, 0.2) is 23.2 Å². The topological polar surface area (TPSA) is 108 Å². The zero-order valence-corrected chi connectivity index (χ0v) is 9.01. The zero-order chi connectivity index (χ0) is 12.1. The molecule has 1 rings (SSSR count). The van der Waals surface area contributed by atoms with Gasteiger partial charge in [-0.25, -0.2) is 0 Å². The molecule has 16 heavy (non-hydrogen) atoms. The first-order valence-corrected chi connectivity index (χ1v) is 4.90. The van der Waals surface area contributed by atoms with Gasteiger partial charge >= 0.3 is 0 Å². The summed E-state index contributed by atoms with van der Waals surface area (Å²) in [7, 11) is 0. The lowest BCUT2D eigenvalue weighted by atomic mass is 10.1. The Morgan fingerprint density at radius 1 is 1.56 bits per heavy atom. The number of benzene rings is 1. The van der Waals surface area contributed by atoms with Crippen LogP contribution in [0.4, 0.5) is 11.4 Å². The second-order valence-corrected chi connectivity index (χ2v) is 3.30. The number of rotatable bonds is 4. The van der Waals surface area contributed by atoms with Gasteiger partial charge in [-0.1, -0.05) is 6.92 Å². The number of nitrogen functional groups attached to an aromatic ring is 1. The van der Waals surface area contributed by atoms with E-state index >= 15 is 0 Å². The van der Waals surface area contributed by atoms with Gasteiger partial charge in [0.25, 0.3) is 5.69 Å². The van der Waals surface area contributed by atoms with Gasteiger partial charge in [0, 0.05) is 18.2 Å². The van der Waals surface area contributed by atoms with Crippen molar-refractivity contribution in [2.24, 2.45) is 10.7 Å². The quantitative estimate of drug-likeness (QED) is 0.263. The maximum atomic E-state index is 10.7. The van der Waals surface area contributed by atoms with Crippen LogP contribution >= 0.6 is 0 Å². The molecule has 0 aliphatic heterocycles. The van der Waals surface area contributed by atoms with E-state index in [0.29, 0.717) is 17.9 Å². The van der Waals surface area contributed by atoms with E-state index in [2.05, 4.69) is 4.99 Å². The fourth-order valence-electron chi connectivity index (χ4n) is 1.18. The summed E-state index contributed by atoms with van der Waals surface area (Å²) in [5, 5.41) is 10.7. The van der Waals surface area contributed by atoms with Crippen LogP contribution in [0, 0.1) is 10.1 Å². The molecule has 0 aliphatic rings. The molecule has 0 fully saturated rings. The monoisotopic (exact) mass is 222 g/mol. The van der Waals surface area contributed by atoms with E-state index in [-0.39, 0.29) is 11.4 Å². The van der Waals surface area contributed by atoms with Crippen LogP contribution in [0.5, 0.6) is 0 Å². The van der Waals surface area contributed by atoms with Crippen molar-refractivity contribution in [2.75, 3.05) is 12.3 Å².